The van der Waals surface area contributed by atoms with Crippen molar-refractivity contribution >= 4 is 0 Å². The van der Waals surface area contributed by atoms with Gasteiger partial charge in [-0.05, 0) is 43.0 Å². The van der Waals surface area contributed by atoms with E-state index in [1.165, 1.54) is 0 Å². The van der Waals surface area contributed by atoms with Gasteiger partial charge in [-0.15, -0.1) is 0 Å². The summed E-state index contributed by atoms with van der Waals surface area (Å²) in [4.78, 5) is 0. The van der Waals surface area contributed by atoms with Gasteiger partial charge in [0.25, 0.3) is 0 Å². The molecule has 1 fully saturated rings. The number of fused-ring (bicyclic) bond motifs is 1. The van der Waals surface area contributed by atoms with Crippen molar-refractivity contribution in [3.63, 3.8) is 0 Å². The Morgan fingerprint density at radius 2 is 2.00 bits per heavy atom. The summed E-state index contributed by atoms with van der Waals surface area (Å²) in [5.41, 5.74) is 8.41. The van der Waals surface area contributed by atoms with Crippen LogP contribution in [0, 0.1) is 12.3 Å². The average Bonchev–Trinajstić information content (AvgIpc) is 2.74. The number of rotatable bonds is 3. The zero-order valence-corrected chi connectivity index (χ0v) is 10.6. The maximum atomic E-state index is 9.62. The maximum Gasteiger partial charge on any atom is 0.231 e. The predicted molar refractivity (Wildman–Crippen MR) is 67.6 cm³/mol. The van der Waals surface area contributed by atoms with Crippen LogP contribution in [-0.2, 0) is 0 Å². The van der Waals surface area contributed by atoms with Gasteiger partial charge in [0.1, 0.15) is 0 Å². The van der Waals surface area contributed by atoms with E-state index in [0.717, 1.165) is 41.9 Å². The van der Waals surface area contributed by atoms with Crippen LogP contribution in [0.1, 0.15) is 36.4 Å². The molecular formula is C14H19NO3. The summed E-state index contributed by atoms with van der Waals surface area (Å²) in [6.45, 7) is 2.46. The van der Waals surface area contributed by atoms with Gasteiger partial charge in [0.05, 0.1) is 6.61 Å². The molecule has 18 heavy (non-hydrogen) atoms. The summed E-state index contributed by atoms with van der Waals surface area (Å²) in [5.74, 6) is 1.55. The Kier molecular flexibility index (Phi) is 2.72. The summed E-state index contributed by atoms with van der Waals surface area (Å²) < 4.78 is 10.8. The molecule has 1 aromatic rings. The summed E-state index contributed by atoms with van der Waals surface area (Å²) in [5, 5.41) is 9.62. The fourth-order valence-electron chi connectivity index (χ4n) is 2.92. The van der Waals surface area contributed by atoms with Crippen LogP contribution in [0.5, 0.6) is 11.5 Å². The average molecular weight is 249 g/mol. The number of aryl methyl sites for hydroxylation is 1. The summed E-state index contributed by atoms with van der Waals surface area (Å²) in [6.07, 6.45) is 3.15. The minimum Gasteiger partial charge on any atom is -0.454 e. The molecule has 1 saturated carbocycles. The van der Waals surface area contributed by atoms with E-state index in [1.54, 1.807) is 0 Å². The fraction of sp³-hybridized carbons (Fsp3) is 0.571. The number of hydrogen-bond donors (Lipinski definition) is 2. The first-order valence-electron chi connectivity index (χ1n) is 6.43. The second kappa shape index (κ2) is 4.14. The van der Waals surface area contributed by atoms with E-state index in [2.05, 4.69) is 0 Å². The monoisotopic (exact) mass is 249 g/mol. The third-order valence-corrected chi connectivity index (χ3v) is 4.42. The van der Waals surface area contributed by atoms with Gasteiger partial charge in [-0.1, -0.05) is 6.42 Å². The number of hydrogen-bond acceptors (Lipinski definition) is 4. The lowest BCUT2D eigenvalue weighted by Gasteiger charge is -2.45. The normalized spacial score (nSPS) is 21.5. The van der Waals surface area contributed by atoms with Crippen LogP contribution in [-0.4, -0.2) is 18.5 Å². The number of aliphatic hydroxyl groups excluding tert-OH is 1. The van der Waals surface area contributed by atoms with Crippen LogP contribution < -0.4 is 15.2 Å². The topological polar surface area (TPSA) is 64.7 Å². The maximum absolute atomic E-state index is 9.62. The largest absolute Gasteiger partial charge is 0.454 e. The van der Waals surface area contributed by atoms with Crippen LogP contribution in [0.3, 0.4) is 0 Å². The Hall–Kier alpha value is -1.26. The molecule has 2 aliphatic rings. The van der Waals surface area contributed by atoms with Crippen LogP contribution >= 0.6 is 0 Å². The van der Waals surface area contributed by atoms with Crippen molar-refractivity contribution < 1.29 is 14.6 Å². The van der Waals surface area contributed by atoms with Crippen molar-refractivity contribution in [2.24, 2.45) is 11.1 Å². The Balaban J connectivity index is 1.96. The van der Waals surface area contributed by atoms with Crippen LogP contribution in [0.25, 0.3) is 0 Å². The molecule has 1 atom stereocenters. The van der Waals surface area contributed by atoms with Crippen molar-refractivity contribution in [3.05, 3.63) is 23.3 Å². The van der Waals surface area contributed by atoms with Crippen LogP contribution in [0.15, 0.2) is 12.1 Å². The molecule has 1 aliphatic carbocycles. The number of benzene rings is 1. The Morgan fingerprint density at radius 3 is 2.56 bits per heavy atom. The van der Waals surface area contributed by atoms with Gasteiger partial charge in [-0.3, -0.25) is 0 Å². The van der Waals surface area contributed by atoms with Gasteiger partial charge in [0.15, 0.2) is 11.5 Å². The van der Waals surface area contributed by atoms with E-state index in [-0.39, 0.29) is 24.9 Å². The minimum absolute atomic E-state index is 0.134. The van der Waals surface area contributed by atoms with Gasteiger partial charge in [0, 0.05) is 11.5 Å². The lowest BCUT2D eigenvalue weighted by Crippen LogP contribution is -2.43. The van der Waals surface area contributed by atoms with Gasteiger partial charge in [-0.25, -0.2) is 0 Å². The van der Waals surface area contributed by atoms with Crippen molar-refractivity contribution in [2.45, 2.75) is 32.2 Å². The van der Waals surface area contributed by atoms with Gasteiger partial charge < -0.3 is 20.3 Å². The molecule has 1 aromatic carbocycles. The molecule has 0 saturated heterocycles. The lowest BCUT2D eigenvalue weighted by molar-refractivity contribution is 0.0182. The van der Waals surface area contributed by atoms with Gasteiger partial charge in [0.2, 0.25) is 6.79 Å². The standard InChI is InChI=1S/C14H19NO3/c1-9-5-11-12(18-8-17-11)6-10(9)13(15)14(7-16)3-2-4-14/h5-6,13,16H,2-4,7-8,15H2,1H3. The van der Waals surface area contributed by atoms with E-state index < -0.39 is 0 Å². The van der Waals surface area contributed by atoms with Crippen molar-refractivity contribution in [1.29, 1.82) is 0 Å². The highest BCUT2D eigenvalue weighted by Gasteiger charge is 2.43. The highest BCUT2D eigenvalue weighted by atomic mass is 16.7. The summed E-state index contributed by atoms with van der Waals surface area (Å²) >= 11 is 0. The smallest absolute Gasteiger partial charge is 0.231 e. The molecule has 0 spiro atoms. The minimum atomic E-state index is -0.140. The molecule has 98 valence electrons. The Labute approximate surface area is 107 Å². The molecule has 3 rings (SSSR count). The van der Waals surface area contributed by atoms with Gasteiger partial charge in [-0.2, -0.15) is 0 Å². The third-order valence-electron chi connectivity index (χ3n) is 4.42. The van der Waals surface area contributed by atoms with E-state index in [0.29, 0.717) is 0 Å². The van der Waals surface area contributed by atoms with Crippen LogP contribution in [0.4, 0.5) is 0 Å². The first kappa shape index (κ1) is 11.8. The SMILES string of the molecule is Cc1cc2c(cc1C(N)C1(CO)CCC1)OCO2. The summed E-state index contributed by atoms with van der Waals surface area (Å²) in [6, 6.07) is 3.81. The fourth-order valence-corrected chi connectivity index (χ4v) is 2.92. The number of ether oxygens (including phenoxy) is 2. The molecule has 1 heterocycles. The second-order valence-electron chi connectivity index (χ2n) is 5.41. The molecule has 4 heteroatoms. The molecule has 0 amide bonds. The van der Waals surface area contributed by atoms with Crippen molar-refractivity contribution in [1.82, 2.24) is 0 Å². The first-order valence-corrected chi connectivity index (χ1v) is 6.43. The van der Waals surface area contributed by atoms with Gasteiger partial charge >= 0.3 is 0 Å². The molecular weight excluding hydrogens is 230 g/mol. The third kappa shape index (κ3) is 1.60. The molecule has 0 radical (unpaired) electrons. The predicted octanol–water partition coefficient (Wildman–Crippen LogP) is 1.89. The zero-order chi connectivity index (χ0) is 12.8. The van der Waals surface area contributed by atoms with Crippen molar-refractivity contribution in [2.75, 3.05) is 13.4 Å². The number of nitrogens with two attached hydrogens (primary N) is 1. The summed E-state index contributed by atoms with van der Waals surface area (Å²) in [7, 11) is 0. The van der Waals surface area contributed by atoms with Crippen molar-refractivity contribution in [3.8, 4) is 11.5 Å². The zero-order valence-electron chi connectivity index (χ0n) is 10.6. The van der Waals surface area contributed by atoms with E-state index in [9.17, 15) is 5.11 Å². The van der Waals surface area contributed by atoms with E-state index in [4.69, 9.17) is 15.2 Å². The number of aliphatic hydroxyl groups is 1. The molecule has 1 unspecified atom stereocenters. The Morgan fingerprint density at radius 1 is 1.33 bits per heavy atom. The molecule has 1 aliphatic heterocycles. The lowest BCUT2D eigenvalue weighted by atomic mass is 9.63. The highest BCUT2D eigenvalue weighted by Crippen LogP contribution is 2.50. The van der Waals surface area contributed by atoms with E-state index >= 15 is 0 Å². The quantitative estimate of drug-likeness (QED) is 0.858. The van der Waals surface area contributed by atoms with E-state index in [1.807, 2.05) is 19.1 Å². The molecule has 4 nitrogen and oxygen atoms in total. The molecule has 3 N–H and O–H groups in total. The molecule has 0 bridgehead atoms. The Bertz CT molecular complexity index is 463. The van der Waals surface area contributed by atoms with Crippen LogP contribution in [0.2, 0.25) is 0 Å². The first-order chi connectivity index (χ1) is 8.66. The molecule has 0 aromatic heterocycles. The highest BCUT2D eigenvalue weighted by molar-refractivity contribution is 5.49. The second-order valence-corrected chi connectivity index (χ2v) is 5.41.